The predicted octanol–water partition coefficient (Wildman–Crippen LogP) is 5.95. The molecule has 5 rings (SSSR count). The van der Waals surface area contributed by atoms with E-state index in [1.54, 1.807) is 0 Å². The van der Waals surface area contributed by atoms with E-state index in [2.05, 4.69) is 78.9 Å². The number of rotatable bonds is 1. The van der Waals surface area contributed by atoms with Gasteiger partial charge in [-0.15, -0.1) is 0 Å². The van der Waals surface area contributed by atoms with Crippen molar-refractivity contribution >= 4 is 10.8 Å². The van der Waals surface area contributed by atoms with Crippen LogP contribution in [0.15, 0.2) is 78.9 Å². The Hall–Kier alpha value is -2.86. The first kappa shape index (κ1) is 11.8. The Kier molecular flexibility index (Phi) is 2.31. The number of hydrogen-bond acceptors (Lipinski definition) is 0. The second-order valence-corrected chi connectivity index (χ2v) is 5.73. The fourth-order valence-electron chi connectivity index (χ4n) is 3.62. The fraction of sp³-hybridized carbons (Fsp3) is 0. The van der Waals surface area contributed by atoms with E-state index in [1.807, 2.05) is 6.07 Å². The molecule has 4 aromatic rings. The quantitative estimate of drug-likeness (QED) is 0.355. The first-order valence-electron chi connectivity index (χ1n) is 7.55. The van der Waals surface area contributed by atoms with Crippen LogP contribution in [0.4, 0.5) is 0 Å². The van der Waals surface area contributed by atoms with E-state index in [0.717, 1.165) is 0 Å². The summed E-state index contributed by atoms with van der Waals surface area (Å²) in [7, 11) is 0. The molecule has 0 spiro atoms. The molecule has 101 valence electrons. The van der Waals surface area contributed by atoms with Crippen molar-refractivity contribution in [3.05, 3.63) is 84.9 Å². The van der Waals surface area contributed by atoms with Crippen LogP contribution in [0.5, 0.6) is 0 Å². The highest BCUT2D eigenvalue weighted by molar-refractivity contribution is 6.19. The lowest BCUT2D eigenvalue weighted by molar-refractivity contribution is 1.63. The number of benzene rings is 4. The molecule has 0 N–H and O–H groups in total. The molecule has 0 atom stereocenters. The van der Waals surface area contributed by atoms with Crippen LogP contribution in [0, 0.1) is 6.07 Å². The second-order valence-electron chi connectivity index (χ2n) is 5.73. The van der Waals surface area contributed by atoms with E-state index < -0.39 is 0 Å². The van der Waals surface area contributed by atoms with Crippen LogP contribution in [-0.2, 0) is 0 Å². The van der Waals surface area contributed by atoms with Gasteiger partial charge in [-0.25, -0.2) is 0 Å². The van der Waals surface area contributed by atoms with E-state index in [-0.39, 0.29) is 0 Å². The van der Waals surface area contributed by atoms with Crippen molar-refractivity contribution in [2.45, 2.75) is 0 Å². The molecule has 1 aliphatic rings. The van der Waals surface area contributed by atoms with Crippen LogP contribution >= 0.6 is 0 Å². The van der Waals surface area contributed by atoms with Gasteiger partial charge < -0.3 is 0 Å². The predicted molar refractivity (Wildman–Crippen MR) is 92.7 cm³/mol. The van der Waals surface area contributed by atoms with E-state index >= 15 is 0 Å². The Labute approximate surface area is 129 Å². The van der Waals surface area contributed by atoms with Gasteiger partial charge in [-0.2, -0.15) is 0 Å². The summed E-state index contributed by atoms with van der Waals surface area (Å²) in [4.78, 5) is 0. The Morgan fingerprint density at radius 1 is 0.591 bits per heavy atom. The van der Waals surface area contributed by atoms with Crippen LogP contribution in [0.1, 0.15) is 0 Å². The van der Waals surface area contributed by atoms with Gasteiger partial charge in [0, 0.05) is 0 Å². The first-order chi connectivity index (χ1) is 10.9. The zero-order valence-corrected chi connectivity index (χ0v) is 12.0. The third-order valence-corrected chi connectivity index (χ3v) is 4.55. The standard InChI is InChI=1S/C22H13/c1-2-7-15(8-3-1)17-14-13-16-9-6-12-19-18-10-4-5-11-20(18)22(17)21(16)19/h1-2,4-14H. The van der Waals surface area contributed by atoms with Crippen LogP contribution in [0.3, 0.4) is 0 Å². The van der Waals surface area contributed by atoms with Crippen molar-refractivity contribution in [1.29, 1.82) is 0 Å². The van der Waals surface area contributed by atoms with Crippen molar-refractivity contribution < 1.29 is 0 Å². The molecule has 0 nitrogen and oxygen atoms in total. The highest BCUT2D eigenvalue weighted by Gasteiger charge is 2.23. The van der Waals surface area contributed by atoms with E-state index in [0.29, 0.717) is 0 Å². The number of hydrogen-bond donors (Lipinski definition) is 0. The summed E-state index contributed by atoms with van der Waals surface area (Å²) in [5.74, 6) is 0. The zero-order chi connectivity index (χ0) is 14.5. The Morgan fingerprint density at radius 2 is 1.45 bits per heavy atom. The lowest BCUT2D eigenvalue weighted by atomic mass is 9.93. The van der Waals surface area contributed by atoms with Gasteiger partial charge in [-0.05, 0) is 56.3 Å². The van der Waals surface area contributed by atoms with Gasteiger partial charge in [0.05, 0.1) is 0 Å². The molecule has 0 heteroatoms. The third kappa shape index (κ3) is 1.47. The maximum Gasteiger partial charge on any atom is -0.00143 e. The summed E-state index contributed by atoms with van der Waals surface area (Å²) in [5, 5.41) is 2.69. The van der Waals surface area contributed by atoms with Crippen LogP contribution in [-0.4, -0.2) is 0 Å². The summed E-state index contributed by atoms with van der Waals surface area (Å²) in [6, 6.07) is 31.2. The lowest BCUT2D eigenvalue weighted by Gasteiger charge is -2.10. The van der Waals surface area contributed by atoms with Gasteiger partial charge >= 0.3 is 0 Å². The molecule has 0 saturated carbocycles. The molecule has 22 heavy (non-hydrogen) atoms. The van der Waals surface area contributed by atoms with Crippen molar-refractivity contribution in [2.24, 2.45) is 0 Å². The highest BCUT2D eigenvalue weighted by Crippen LogP contribution is 2.50. The van der Waals surface area contributed by atoms with Gasteiger partial charge in [0.1, 0.15) is 0 Å². The smallest absolute Gasteiger partial charge is 0.00143 e. The molecular formula is C22H13. The minimum Gasteiger partial charge on any atom is -0.0616 e. The van der Waals surface area contributed by atoms with Crippen molar-refractivity contribution in [2.75, 3.05) is 0 Å². The fourth-order valence-corrected chi connectivity index (χ4v) is 3.62. The van der Waals surface area contributed by atoms with Gasteiger partial charge in [0.25, 0.3) is 0 Å². The van der Waals surface area contributed by atoms with E-state index in [1.165, 1.54) is 44.2 Å². The molecule has 0 amide bonds. The van der Waals surface area contributed by atoms with E-state index in [9.17, 15) is 0 Å². The van der Waals surface area contributed by atoms with Gasteiger partial charge in [-0.1, -0.05) is 72.8 Å². The third-order valence-electron chi connectivity index (χ3n) is 4.55. The second kappa shape index (κ2) is 4.32. The highest BCUT2D eigenvalue weighted by atomic mass is 14.3. The SMILES string of the molecule is [c]1cccc(-c2ccc3cccc4c3c2-c2ccccc2-4)c1. The molecule has 4 aromatic carbocycles. The Balaban J connectivity index is 1.98. The van der Waals surface area contributed by atoms with Crippen LogP contribution in [0.2, 0.25) is 0 Å². The average molecular weight is 277 g/mol. The molecule has 0 saturated heterocycles. The zero-order valence-electron chi connectivity index (χ0n) is 12.0. The Morgan fingerprint density at radius 3 is 2.32 bits per heavy atom. The molecule has 0 aliphatic heterocycles. The summed E-state index contributed by atoms with van der Waals surface area (Å²) in [6.45, 7) is 0. The van der Waals surface area contributed by atoms with Gasteiger partial charge in [0.2, 0.25) is 0 Å². The first-order valence-corrected chi connectivity index (χ1v) is 7.55. The van der Waals surface area contributed by atoms with E-state index in [4.69, 9.17) is 0 Å². The minimum absolute atomic E-state index is 1.23. The molecule has 0 heterocycles. The summed E-state index contributed by atoms with van der Waals surface area (Å²) in [5.41, 5.74) is 7.92. The maximum atomic E-state index is 3.20. The summed E-state index contributed by atoms with van der Waals surface area (Å²) < 4.78 is 0. The average Bonchev–Trinajstić information content (AvgIpc) is 2.93. The summed E-state index contributed by atoms with van der Waals surface area (Å²) in [6.07, 6.45) is 0. The number of fused-ring (bicyclic) bond motifs is 3. The van der Waals surface area contributed by atoms with Crippen LogP contribution in [0.25, 0.3) is 44.2 Å². The molecular weight excluding hydrogens is 264 g/mol. The molecule has 0 fully saturated rings. The van der Waals surface area contributed by atoms with Gasteiger partial charge in [0.15, 0.2) is 0 Å². The molecule has 0 bridgehead atoms. The van der Waals surface area contributed by atoms with Crippen molar-refractivity contribution in [1.82, 2.24) is 0 Å². The lowest BCUT2D eigenvalue weighted by Crippen LogP contribution is -1.84. The van der Waals surface area contributed by atoms with Crippen molar-refractivity contribution in [3.63, 3.8) is 0 Å². The van der Waals surface area contributed by atoms with Crippen LogP contribution < -0.4 is 0 Å². The topological polar surface area (TPSA) is 0 Å². The molecule has 1 aliphatic carbocycles. The maximum absolute atomic E-state index is 3.20. The molecule has 0 unspecified atom stereocenters. The van der Waals surface area contributed by atoms with Gasteiger partial charge in [-0.3, -0.25) is 0 Å². The molecule has 0 aromatic heterocycles. The molecule has 1 radical (unpaired) electrons. The normalized spacial score (nSPS) is 11.6. The largest absolute Gasteiger partial charge is 0.0616 e. The monoisotopic (exact) mass is 277 g/mol. The summed E-state index contributed by atoms with van der Waals surface area (Å²) >= 11 is 0. The Bertz CT molecular complexity index is 1010. The minimum atomic E-state index is 1.23. The van der Waals surface area contributed by atoms with Crippen molar-refractivity contribution in [3.8, 4) is 33.4 Å².